The zero-order chi connectivity index (χ0) is 14.7. The maximum Gasteiger partial charge on any atom is 0.138 e. The number of nitrogen functional groups attached to an aromatic ring is 1. The Morgan fingerprint density at radius 3 is 2.75 bits per heavy atom. The van der Waals surface area contributed by atoms with E-state index in [4.69, 9.17) is 10.8 Å². The normalized spacial score (nSPS) is 14.6. The zero-order valence-corrected chi connectivity index (χ0v) is 12.1. The molecule has 0 radical (unpaired) electrons. The molecule has 0 amide bonds. The highest BCUT2D eigenvalue weighted by Gasteiger charge is 2.15. The summed E-state index contributed by atoms with van der Waals surface area (Å²) in [4.78, 5) is 4.47. The monoisotopic (exact) mass is 277 g/mol. The third-order valence-electron chi connectivity index (χ3n) is 3.57. The highest BCUT2D eigenvalue weighted by atomic mass is 16.3. The predicted molar refractivity (Wildman–Crippen MR) is 80.3 cm³/mol. The molecule has 5 nitrogen and oxygen atoms in total. The summed E-state index contributed by atoms with van der Waals surface area (Å²) in [5.74, 6) is 0.970. The van der Waals surface area contributed by atoms with E-state index in [1.165, 1.54) is 0 Å². The fourth-order valence-electron chi connectivity index (χ4n) is 2.41. The van der Waals surface area contributed by atoms with E-state index in [2.05, 4.69) is 4.98 Å². The van der Waals surface area contributed by atoms with Crippen LogP contribution in [-0.4, -0.2) is 26.4 Å². The van der Waals surface area contributed by atoms with Crippen LogP contribution in [0.3, 0.4) is 0 Å². The van der Waals surface area contributed by atoms with Crippen molar-refractivity contribution in [2.45, 2.75) is 39.3 Å². The molecule has 1 aromatic carbocycles. The molecule has 0 aliphatic carbocycles. The summed E-state index contributed by atoms with van der Waals surface area (Å²) in [5, 5.41) is 18.9. The Morgan fingerprint density at radius 2 is 2.10 bits per heavy atom. The van der Waals surface area contributed by atoms with E-state index < -0.39 is 6.10 Å². The second-order valence-electron chi connectivity index (χ2n) is 5.48. The minimum Gasteiger partial charge on any atom is -0.399 e. The van der Waals surface area contributed by atoms with E-state index in [9.17, 15) is 5.11 Å². The Kier molecular flexibility index (Phi) is 4.62. The lowest BCUT2D eigenvalue weighted by Crippen LogP contribution is -2.09. The molecule has 0 bridgehead atoms. The van der Waals surface area contributed by atoms with Crippen molar-refractivity contribution in [2.75, 3.05) is 12.3 Å². The van der Waals surface area contributed by atoms with Gasteiger partial charge in [0.15, 0.2) is 0 Å². The number of aliphatic hydroxyl groups excluding tert-OH is 2. The fourth-order valence-corrected chi connectivity index (χ4v) is 2.41. The van der Waals surface area contributed by atoms with Crippen LogP contribution in [0.5, 0.6) is 0 Å². The molecule has 110 valence electrons. The summed E-state index contributed by atoms with van der Waals surface area (Å²) in [6, 6.07) is 5.62. The van der Waals surface area contributed by atoms with Gasteiger partial charge < -0.3 is 20.5 Å². The second kappa shape index (κ2) is 6.24. The van der Waals surface area contributed by atoms with Crippen LogP contribution in [0.2, 0.25) is 0 Å². The number of benzene rings is 1. The van der Waals surface area contributed by atoms with E-state index in [1.54, 1.807) is 6.92 Å². The maximum absolute atomic E-state index is 9.87. The smallest absolute Gasteiger partial charge is 0.138 e. The van der Waals surface area contributed by atoms with Crippen molar-refractivity contribution < 1.29 is 10.2 Å². The van der Waals surface area contributed by atoms with Gasteiger partial charge in [-0.2, -0.15) is 0 Å². The third kappa shape index (κ3) is 3.11. The van der Waals surface area contributed by atoms with Gasteiger partial charge in [-0.1, -0.05) is 6.92 Å². The van der Waals surface area contributed by atoms with Crippen LogP contribution < -0.4 is 5.73 Å². The average molecular weight is 277 g/mol. The number of fused-ring (bicyclic) bond motifs is 1. The lowest BCUT2D eigenvalue weighted by molar-refractivity contribution is 0.183. The Balaban J connectivity index is 2.27. The fraction of sp³-hybridized carbons (Fsp3) is 0.533. The molecule has 0 fully saturated rings. The molecule has 4 N–H and O–H groups in total. The average Bonchev–Trinajstić information content (AvgIpc) is 2.76. The lowest BCUT2D eigenvalue weighted by atomic mass is 10.1. The Labute approximate surface area is 119 Å². The third-order valence-corrected chi connectivity index (χ3v) is 3.57. The van der Waals surface area contributed by atoms with Gasteiger partial charge in [0.25, 0.3) is 0 Å². The van der Waals surface area contributed by atoms with Crippen LogP contribution in [0.1, 0.15) is 38.6 Å². The number of nitrogens with zero attached hydrogens (tertiary/aromatic N) is 2. The van der Waals surface area contributed by atoms with Crippen LogP contribution in [0.15, 0.2) is 18.2 Å². The molecule has 5 heteroatoms. The van der Waals surface area contributed by atoms with Gasteiger partial charge in [-0.15, -0.1) is 0 Å². The number of rotatable bonds is 6. The van der Waals surface area contributed by atoms with E-state index in [-0.39, 0.29) is 6.61 Å². The molecule has 0 saturated heterocycles. The van der Waals surface area contributed by atoms with E-state index >= 15 is 0 Å². The van der Waals surface area contributed by atoms with E-state index in [0.29, 0.717) is 17.4 Å². The predicted octanol–water partition coefficient (Wildman–Crippen LogP) is 2.08. The Morgan fingerprint density at radius 1 is 1.35 bits per heavy atom. The molecule has 2 atom stereocenters. The number of aromatic nitrogens is 2. The maximum atomic E-state index is 9.87. The van der Waals surface area contributed by atoms with Gasteiger partial charge in [0.1, 0.15) is 11.9 Å². The van der Waals surface area contributed by atoms with Crippen LogP contribution in [-0.2, 0) is 6.54 Å². The van der Waals surface area contributed by atoms with Crippen molar-refractivity contribution in [1.29, 1.82) is 0 Å². The molecular weight excluding hydrogens is 254 g/mol. The first-order valence-electron chi connectivity index (χ1n) is 7.07. The van der Waals surface area contributed by atoms with Crippen molar-refractivity contribution in [2.24, 2.45) is 5.92 Å². The molecule has 0 saturated carbocycles. The largest absolute Gasteiger partial charge is 0.399 e. The molecular formula is C15H23N3O2. The molecule has 1 heterocycles. The van der Waals surface area contributed by atoms with Crippen molar-refractivity contribution in [3.8, 4) is 0 Å². The molecule has 0 spiro atoms. The molecule has 0 aliphatic rings. The van der Waals surface area contributed by atoms with Gasteiger partial charge in [-0.05, 0) is 43.9 Å². The van der Waals surface area contributed by atoms with E-state index in [1.807, 2.05) is 29.7 Å². The van der Waals surface area contributed by atoms with Crippen molar-refractivity contribution in [1.82, 2.24) is 9.55 Å². The number of aliphatic hydroxyl groups is 2. The summed E-state index contributed by atoms with van der Waals surface area (Å²) >= 11 is 0. The van der Waals surface area contributed by atoms with Gasteiger partial charge in [0.2, 0.25) is 0 Å². The van der Waals surface area contributed by atoms with Gasteiger partial charge in [-0.3, -0.25) is 0 Å². The van der Waals surface area contributed by atoms with Crippen LogP contribution >= 0.6 is 0 Å². The number of imidazole rings is 1. The molecule has 2 unspecified atom stereocenters. The van der Waals surface area contributed by atoms with Crippen molar-refractivity contribution in [3.63, 3.8) is 0 Å². The van der Waals surface area contributed by atoms with Gasteiger partial charge in [0, 0.05) is 18.8 Å². The zero-order valence-electron chi connectivity index (χ0n) is 12.1. The minimum atomic E-state index is -0.612. The molecule has 0 aliphatic heterocycles. The minimum absolute atomic E-state index is 0.213. The van der Waals surface area contributed by atoms with Crippen molar-refractivity contribution >= 4 is 16.7 Å². The topological polar surface area (TPSA) is 84.3 Å². The SMILES string of the molecule is CC(CO)CCCn1c(C(C)O)nc2cc(N)ccc21. The van der Waals surface area contributed by atoms with Crippen LogP contribution in [0, 0.1) is 5.92 Å². The first kappa shape index (κ1) is 14.8. The Hall–Kier alpha value is -1.59. The number of nitrogens with two attached hydrogens (primary N) is 1. The van der Waals surface area contributed by atoms with Gasteiger partial charge >= 0.3 is 0 Å². The molecule has 2 aromatic rings. The Bertz CT molecular complexity index is 578. The standard InChI is InChI=1S/C15H23N3O2/c1-10(9-19)4-3-7-18-14-6-5-12(16)8-13(14)17-15(18)11(2)20/h5-6,8,10-11,19-20H,3-4,7,9,16H2,1-2H3. The highest BCUT2D eigenvalue weighted by molar-refractivity contribution is 5.79. The summed E-state index contributed by atoms with van der Waals surface area (Å²) in [5.41, 5.74) is 8.26. The summed E-state index contributed by atoms with van der Waals surface area (Å²) in [6.45, 7) is 4.75. The number of aryl methyl sites for hydroxylation is 1. The first-order valence-corrected chi connectivity index (χ1v) is 7.07. The number of anilines is 1. The summed E-state index contributed by atoms with van der Waals surface area (Å²) in [6.07, 6.45) is 1.28. The highest BCUT2D eigenvalue weighted by Crippen LogP contribution is 2.23. The summed E-state index contributed by atoms with van der Waals surface area (Å²) < 4.78 is 2.05. The van der Waals surface area contributed by atoms with Crippen LogP contribution in [0.4, 0.5) is 5.69 Å². The molecule has 2 rings (SSSR count). The molecule has 20 heavy (non-hydrogen) atoms. The first-order chi connectivity index (χ1) is 9.52. The van der Waals surface area contributed by atoms with Crippen molar-refractivity contribution in [3.05, 3.63) is 24.0 Å². The lowest BCUT2D eigenvalue weighted by Gasteiger charge is -2.12. The van der Waals surface area contributed by atoms with Gasteiger partial charge in [-0.25, -0.2) is 4.98 Å². The quantitative estimate of drug-likeness (QED) is 0.706. The second-order valence-corrected chi connectivity index (χ2v) is 5.48. The van der Waals surface area contributed by atoms with E-state index in [0.717, 1.165) is 30.4 Å². The number of hydrogen-bond acceptors (Lipinski definition) is 4. The number of hydrogen-bond donors (Lipinski definition) is 3. The van der Waals surface area contributed by atoms with Crippen LogP contribution in [0.25, 0.3) is 11.0 Å². The van der Waals surface area contributed by atoms with Gasteiger partial charge in [0.05, 0.1) is 11.0 Å². The molecule has 1 aromatic heterocycles. The summed E-state index contributed by atoms with van der Waals surface area (Å²) in [7, 11) is 0.